The van der Waals surface area contributed by atoms with Gasteiger partial charge >= 0.3 is 0 Å². The molecule has 1 fully saturated rings. The number of rotatable bonds is 4. The predicted octanol–water partition coefficient (Wildman–Crippen LogP) is 2.18. The number of aromatic hydroxyl groups is 1. The van der Waals surface area contributed by atoms with Gasteiger partial charge in [-0.3, -0.25) is 0 Å². The summed E-state index contributed by atoms with van der Waals surface area (Å²) in [6.45, 7) is 1.33. The summed E-state index contributed by atoms with van der Waals surface area (Å²) in [5.74, 6) is 0.292. The van der Waals surface area contributed by atoms with Crippen LogP contribution in [-0.4, -0.2) is 22.4 Å². The predicted molar refractivity (Wildman–Crippen MR) is 67.8 cm³/mol. The number of hydrogen-bond acceptors (Lipinski definition) is 3. The molecule has 3 nitrogen and oxygen atoms in total. The van der Waals surface area contributed by atoms with Crippen LogP contribution in [0, 0.1) is 0 Å². The fourth-order valence-electron chi connectivity index (χ4n) is 2.49. The van der Waals surface area contributed by atoms with Crippen LogP contribution in [-0.2, 0) is 6.54 Å². The van der Waals surface area contributed by atoms with E-state index in [1.807, 2.05) is 12.1 Å². The first-order valence-electron chi connectivity index (χ1n) is 6.39. The van der Waals surface area contributed by atoms with Gasteiger partial charge in [-0.2, -0.15) is 0 Å². The minimum Gasteiger partial charge on any atom is -0.508 e. The molecule has 0 amide bonds. The van der Waals surface area contributed by atoms with Gasteiger partial charge in [0.25, 0.3) is 0 Å². The lowest BCUT2D eigenvalue weighted by molar-refractivity contribution is 0.00468. The number of phenolic OH excluding ortho intramolecular Hbond substituents is 1. The van der Waals surface area contributed by atoms with Crippen LogP contribution in [0.1, 0.15) is 37.7 Å². The lowest BCUT2D eigenvalue weighted by atomic mass is 9.85. The third-order valence-electron chi connectivity index (χ3n) is 3.48. The van der Waals surface area contributed by atoms with Gasteiger partial charge in [0.2, 0.25) is 0 Å². The molecule has 1 aliphatic rings. The van der Waals surface area contributed by atoms with Crippen molar-refractivity contribution in [3.63, 3.8) is 0 Å². The molecule has 94 valence electrons. The topological polar surface area (TPSA) is 52.5 Å². The van der Waals surface area contributed by atoms with Crippen molar-refractivity contribution in [3.8, 4) is 5.75 Å². The first kappa shape index (κ1) is 12.4. The van der Waals surface area contributed by atoms with Crippen molar-refractivity contribution in [2.45, 2.75) is 44.2 Å². The standard InChI is InChI=1S/C14H21NO2/c16-13-6-4-5-12(9-13)10-15-11-14(17)7-2-1-3-8-14/h4-6,9,15-17H,1-3,7-8,10-11H2. The summed E-state index contributed by atoms with van der Waals surface area (Å²) in [4.78, 5) is 0. The number of hydrogen-bond donors (Lipinski definition) is 3. The van der Waals surface area contributed by atoms with Crippen LogP contribution in [0.25, 0.3) is 0 Å². The van der Waals surface area contributed by atoms with E-state index in [4.69, 9.17) is 0 Å². The zero-order valence-corrected chi connectivity index (χ0v) is 10.2. The van der Waals surface area contributed by atoms with E-state index < -0.39 is 5.60 Å². The molecule has 1 aromatic rings. The van der Waals surface area contributed by atoms with E-state index in [1.54, 1.807) is 12.1 Å². The van der Waals surface area contributed by atoms with E-state index in [0.29, 0.717) is 18.8 Å². The largest absolute Gasteiger partial charge is 0.508 e. The van der Waals surface area contributed by atoms with Gasteiger partial charge < -0.3 is 15.5 Å². The average molecular weight is 235 g/mol. The van der Waals surface area contributed by atoms with Crippen LogP contribution in [0.3, 0.4) is 0 Å². The van der Waals surface area contributed by atoms with Gasteiger partial charge in [0, 0.05) is 13.1 Å². The quantitative estimate of drug-likeness (QED) is 0.749. The Kier molecular flexibility index (Phi) is 4.02. The molecule has 0 aliphatic heterocycles. The third-order valence-corrected chi connectivity index (χ3v) is 3.48. The maximum absolute atomic E-state index is 10.3. The number of benzene rings is 1. The van der Waals surface area contributed by atoms with Crippen molar-refractivity contribution >= 4 is 0 Å². The summed E-state index contributed by atoms with van der Waals surface area (Å²) in [7, 11) is 0. The SMILES string of the molecule is Oc1cccc(CNCC2(O)CCCCC2)c1. The Labute approximate surface area is 102 Å². The third kappa shape index (κ3) is 3.72. The number of nitrogens with one attached hydrogen (secondary N) is 1. The molecule has 1 aliphatic carbocycles. The zero-order valence-electron chi connectivity index (χ0n) is 10.2. The minimum absolute atomic E-state index is 0.292. The Morgan fingerprint density at radius 3 is 2.65 bits per heavy atom. The lowest BCUT2D eigenvalue weighted by Gasteiger charge is -2.32. The number of phenols is 1. The molecule has 2 rings (SSSR count). The van der Waals surface area contributed by atoms with Crippen molar-refractivity contribution < 1.29 is 10.2 Å². The molecule has 0 bridgehead atoms. The van der Waals surface area contributed by atoms with Gasteiger partial charge in [-0.15, -0.1) is 0 Å². The summed E-state index contributed by atoms with van der Waals surface area (Å²) in [6, 6.07) is 7.22. The monoisotopic (exact) mass is 235 g/mol. The molecule has 0 spiro atoms. The first-order chi connectivity index (χ1) is 8.18. The van der Waals surface area contributed by atoms with E-state index >= 15 is 0 Å². The molecule has 3 heteroatoms. The van der Waals surface area contributed by atoms with Crippen LogP contribution < -0.4 is 5.32 Å². The molecule has 3 N–H and O–H groups in total. The molecule has 0 aromatic heterocycles. The smallest absolute Gasteiger partial charge is 0.115 e. The van der Waals surface area contributed by atoms with E-state index in [1.165, 1.54) is 6.42 Å². The zero-order chi connectivity index (χ0) is 12.1. The van der Waals surface area contributed by atoms with E-state index in [9.17, 15) is 10.2 Å². The van der Waals surface area contributed by atoms with E-state index in [2.05, 4.69) is 5.32 Å². The van der Waals surface area contributed by atoms with E-state index in [0.717, 1.165) is 31.2 Å². The average Bonchev–Trinajstić information content (AvgIpc) is 2.30. The summed E-state index contributed by atoms with van der Waals surface area (Å²) in [6.07, 6.45) is 5.31. The normalized spacial score (nSPS) is 19.1. The Morgan fingerprint density at radius 1 is 1.18 bits per heavy atom. The maximum Gasteiger partial charge on any atom is 0.115 e. The second-order valence-corrected chi connectivity index (χ2v) is 5.06. The van der Waals surface area contributed by atoms with Crippen molar-refractivity contribution in [2.75, 3.05) is 6.54 Å². The molecular weight excluding hydrogens is 214 g/mol. The highest BCUT2D eigenvalue weighted by molar-refractivity contribution is 5.26. The molecule has 0 atom stereocenters. The van der Waals surface area contributed by atoms with Gasteiger partial charge in [-0.25, -0.2) is 0 Å². The van der Waals surface area contributed by atoms with Gasteiger partial charge in [0.05, 0.1) is 5.60 Å². The Balaban J connectivity index is 1.79. The lowest BCUT2D eigenvalue weighted by Crippen LogP contribution is -2.41. The number of aliphatic hydroxyl groups is 1. The van der Waals surface area contributed by atoms with Crippen LogP contribution in [0.2, 0.25) is 0 Å². The van der Waals surface area contributed by atoms with E-state index in [-0.39, 0.29) is 0 Å². The van der Waals surface area contributed by atoms with Crippen molar-refractivity contribution in [1.82, 2.24) is 5.32 Å². The molecule has 0 unspecified atom stereocenters. The molecular formula is C14H21NO2. The molecule has 17 heavy (non-hydrogen) atoms. The maximum atomic E-state index is 10.3. The van der Waals surface area contributed by atoms with Crippen LogP contribution >= 0.6 is 0 Å². The van der Waals surface area contributed by atoms with Crippen LogP contribution in [0.15, 0.2) is 24.3 Å². The summed E-state index contributed by atoms with van der Waals surface area (Å²) in [5, 5.41) is 22.9. The highest BCUT2D eigenvalue weighted by Gasteiger charge is 2.28. The fourth-order valence-corrected chi connectivity index (χ4v) is 2.49. The Bertz CT molecular complexity index is 359. The highest BCUT2D eigenvalue weighted by Crippen LogP contribution is 2.27. The summed E-state index contributed by atoms with van der Waals surface area (Å²) >= 11 is 0. The second kappa shape index (κ2) is 5.52. The molecule has 1 saturated carbocycles. The van der Waals surface area contributed by atoms with Crippen molar-refractivity contribution in [3.05, 3.63) is 29.8 Å². The molecule has 0 saturated heterocycles. The fraction of sp³-hybridized carbons (Fsp3) is 0.571. The van der Waals surface area contributed by atoms with Crippen molar-refractivity contribution in [2.24, 2.45) is 0 Å². The Hall–Kier alpha value is -1.06. The molecule has 0 radical (unpaired) electrons. The summed E-state index contributed by atoms with van der Waals surface area (Å²) in [5.41, 5.74) is 0.527. The highest BCUT2D eigenvalue weighted by atomic mass is 16.3. The summed E-state index contributed by atoms with van der Waals surface area (Å²) < 4.78 is 0. The van der Waals surface area contributed by atoms with Crippen LogP contribution in [0.4, 0.5) is 0 Å². The first-order valence-corrected chi connectivity index (χ1v) is 6.39. The van der Waals surface area contributed by atoms with Crippen molar-refractivity contribution in [1.29, 1.82) is 0 Å². The van der Waals surface area contributed by atoms with Crippen LogP contribution in [0.5, 0.6) is 5.75 Å². The minimum atomic E-state index is -0.519. The Morgan fingerprint density at radius 2 is 1.94 bits per heavy atom. The van der Waals surface area contributed by atoms with Gasteiger partial charge in [0.1, 0.15) is 5.75 Å². The second-order valence-electron chi connectivity index (χ2n) is 5.06. The van der Waals surface area contributed by atoms with Gasteiger partial charge in [-0.1, -0.05) is 31.4 Å². The molecule has 1 aromatic carbocycles. The van der Waals surface area contributed by atoms with Gasteiger partial charge in [0.15, 0.2) is 0 Å². The van der Waals surface area contributed by atoms with Gasteiger partial charge in [-0.05, 0) is 30.5 Å². The molecule has 0 heterocycles.